The lowest BCUT2D eigenvalue weighted by Gasteiger charge is -2.33. The van der Waals surface area contributed by atoms with Crippen LogP contribution in [0.15, 0.2) is 18.3 Å². The molecule has 0 bridgehead atoms. The Bertz CT molecular complexity index is 833. The summed E-state index contributed by atoms with van der Waals surface area (Å²) >= 11 is 6.03. The van der Waals surface area contributed by atoms with Gasteiger partial charge in [-0.3, -0.25) is 9.59 Å². The van der Waals surface area contributed by atoms with Gasteiger partial charge in [0.15, 0.2) is 5.15 Å². The Morgan fingerprint density at radius 3 is 2.68 bits per heavy atom. The van der Waals surface area contributed by atoms with Crippen LogP contribution in [-0.4, -0.2) is 45.8 Å². The van der Waals surface area contributed by atoms with E-state index in [2.05, 4.69) is 15.3 Å². The zero-order chi connectivity index (χ0) is 17.6. The molecule has 2 fully saturated rings. The number of pyridine rings is 1. The predicted molar refractivity (Wildman–Crippen MR) is 95.5 cm³/mol. The number of halogens is 1. The fourth-order valence-electron chi connectivity index (χ4n) is 3.63. The van der Waals surface area contributed by atoms with Gasteiger partial charge in [0.2, 0.25) is 5.91 Å². The lowest BCUT2D eigenvalue weighted by molar-refractivity contribution is -0.134. The van der Waals surface area contributed by atoms with Crippen LogP contribution < -0.4 is 5.32 Å². The number of fused-ring (bicyclic) bond motifs is 1. The largest absolute Gasteiger partial charge is 0.348 e. The molecule has 7 heteroatoms. The van der Waals surface area contributed by atoms with E-state index < -0.39 is 6.04 Å². The first-order valence-electron chi connectivity index (χ1n) is 8.70. The van der Waals surface area contributed by atoms with Gasteiger partial charge < -0.3 is 15.2 Å². The van der Waals surface area contributed by atoms with Crippen molar-refractivity contribution in [1.82, 2.24) is 20.2 Å². The molecule has 1 aliphatic heterocycles. The molecule has 0 unspecified atom stereocenters. The lowest BCUT2D eigenvalue weighted by atomic mass is 9.93. The number of nitrogens with zero attached hydrogens (tertiary/aromatic N) is 2. The Balaban J connectivity index is 1.40. The first-order chi connectivity index (χ1) is 12.0. The summed E-state index contributed by atoms with van der Waals surface area (Å²) < 4.78 is 0. The minimum Gasteiger partial charge on any atom is -0.348 e. The molecule has 0 radical (unpaired) electrons. The van der Waals surface area contributed by atoms with Crippen LogP contribution in [0, 0.1) is 5.41 Å². The van der Waals surface area contributed by atoms with Crippen molar-refractivity contribution in [3.05, 3.63) is 29.2 Å². The summed E-state index contributed by atoms with van der Waals surface area (Å²) in [5.74, 6) is -0.330. The normalized spacial score (nSPS) is 19.8. The maximum absolute atomic E-state index is 12.6. The molecular weight excluding hydrogens is 340 g/mol. The summed E-state index contributed by atoms with van der Waals surface area (Å²) in [4.78, 5) is 33.9. The van der Waals surface area contributed by atoms with E-state index in [1.54, 1.807) is 25.3 Å². The highest BCUT2D eigenvalue weighted by atomic mass is 35.5. The standard InChI is InChI=1S/C18H21ClN4O2/c1-11(17(25)23-8-5-18(3-4-18)6-9-23)21-16(24)13-10-12-2-7-20-15(19)14(12)22-13/h2,7,10-11,22H,3-6,8-9H2,1H3,(H,21,24)/t11-/m1/s1. The van der Waals surface area contributed by atoms with Crippen molar-refractivity contribution in [3.8, 4) is 0 Å². The maximum atomic E-state index is 12.6. The summed E-state index contributed by atoms with van der Waals surface area (Å²) in [6, 6.07) is 2.94. The van der Waals surface area contributed by atoms with Crippen LogP contribution in [0.4, 0.5) is 0 Å². The molecule has 2 aliphatic rings. The molecule has 1 atom stereocenters. The van der Waals surface area contributed by atoms with Gasteiger partial charge in [0.1, 0.15) is 11.7 Å². The Morgan fingerprint density at radius 1 is 1.32 bits per heavy atom. The number of rotatable bonds is 3. The van der Waals surface area contributed by atoms with Crippen LogP contribution in [0.3, 0.4) is 0 Å². The van der Waals surface area contributed by atoms with Crippen molar-refractivity contribution in [1.29, 1.82) is 0 Å². The summed E-state index contributed by atoms with van der Waals surface area (Å²) in [5, 5.41) is 3.92. The molecule has 4 rings (SSSR count). The minimum atomic E-state index is -0.555. The third-order valence-corrected chi connectivity index (χ3v) is 5.84. The van der Waals surface area contributed by atoms with Crippen LogP contribution in [0.5, 0.6) is 0 Å². The zero-order valence-corrected chi connectivity index (χ0v) is 14.9. The van der Waals surface area contributed by atoms with Crippen LogP contribution in [-0.2, 0) is 4.79 Å². The Morgan fingerprint density at radius 2 is 2.04 bits per heavy atom. The molecule has 25 heavy (non-hydrogen) atoms. The fraction of sp³-hybridized carbons (Fsp3) is 0.500. The number of H-pyrrole nitrogens is 1. The van der Waals surface area contributed by atoms with Gasteiger partial charge in [-0.05, 0) is 50.2 Å². The number of aromatic nitrogens is 2. The number of nitrogens with one attached hydrogen (secondary N) is 2. The highest BCUT2D eigenvalue weighted by Gasteiger charge is 2.45. The van der Waals surface area contributed by atoms with Crippen LogP contribution in [0.1, 0.15) is 43.1 Å². The molecule has 2 aromatic rings. The van der Waals surface area contributed by atoms with Gasteiger partial charge in [-0.2, -0.15) is 0 Å². The first-order valence-corrected chi connectivity index (χ1v) is 9.08. The van der Waals surface area contributed by atoms with Crippen molar-refractivity contribution in [3.63, 3.8) is 0 Å². The van der Waals surface area contributed by atoms with E-state index >= 15 is 0 Å². The summed E-state index contributed by atoms with van der Waals surface area (Å²) in [7, 11) is 0. The SMILES string of the molecule is C[C@@H](NC(=O)c1cc2ccnc(Cl)c2[nH]1)C(=O)N1CCC2(CC1)CC2. The molecule has 2 amide bonds. The monoisotopic (exact) mass is 360 g/mol. The molecule has 1 spiro atoms. The molecule has 132 valence electrons. The number of amides is 2. The summed E-state index contributed by atoms with van der Waals surface area (Å²) in [6.07, 6.45) is 6.38. The van der Waals surface area contributed by atoms with Crippen molar-refractivity contribution in [2.45, 2.75) is 38.6 Å². The van der Waals surface area contributed by atoms with Crippen molar-refractivity contribution < 1.29 is 9.59 Å². The molecule has 1 aliphatic carbocycles. The van der Waals surface area contributed by atoms with E-state index in [-0.39, 0.29) is 11.8 Å². The van der Waals surface area contributed by atoms with Gasteiger partial charge in [-0.25, -0.2) is 4.98 Å². The van der Waals surface area contributed by atoms with E-state index in [9.17, 15) is 9.59 Å². The van der Waals surface area contributed by atoms with Crippen LogP contribution >= 0.6 is 11.6 Å². The molecule has 1 saturated carbocycles. The number of aromatic amines is 1. The third kappa shape index (κ3) is 3.11. The molecular formula is C18H21ClN4O2. The average molecular weight is 361 g/mol. The molecule has 3 heterocycles. The minimum absolute atomic E-state index is 0.0142. The number of hydrogen-bond donors (Lipinski definition) is 2. The van der Waals surface area contributed by atoms with E-state index in [0.717, 1.165) is 31.3 Å². The Hall–Kier alpha value is -2.08. The molecule has 0 aromatic carbocycles. The van der Waals surface area contributed by atoms with E-state index in [0.29, 0.717) is 21.8 Å². The number of carbonyl (C=O) groups is 2. The predicted octanol–water partition coefficient (Wildman–Crippen LogP) is 2.74. The lowest BCUT2D eigenvalue weighted by Crippen LogP contribution is -2.49. The molecule has 6 nitrogen and oxygen atoms in total. The second-order valence-corrected chi connectivity index (χ2v) is 7.63. The second kappa shape index (κ2) is 6.02. The van der Waals surface area contributed by atoms with Gasteiger partial charge in [0.05, 0.1) is 5.52 Å². The smallest absolute Gasteiger partial charge is 0.268 e. The van der Waals surface area contributed by atoms with Gasteiger partial charge in [-0.1, -0.05) is 11.6 Å². The highest BCUT2D eigenvalue weighted by molar-refractivity contribution is 6.33. The van der Waals surface area contributed by atoms with E-state index in [1.165, 1.54) is 12.8 Å². The van der Waals surface area contributed by atoms with Crippen LogP contribution in [0.25, 0.3) is 10.9 Å². The Kier molecular flexibility index (Phi) is 3.95. The Labute approximate surface area is 150 Å². The van der Waals surface area contributed by atoms with Gasteiger partial charge in [0.25, 0.3) is 5.91 Å². The van der Waals surface area contributed by atoms with Crippen molar-refractivity contribution in [2.24, 2.45) is 5.41 Å². The third-order valence-electron chi connectivity index (χ3n) is 5.55. The number of carbonyl (C=O) groups excluding carboxylic acids is 2. The van der Waals surface area contributed by atoms with E-state index in [4.69, 9.17) is 11.6 Å². The van der Waals surface area contributed by atoms with E-state index in [1.807, 2.05) is 4.90 Å². The zero-order valence-electron chi connectivity index (χ0n) is 14.1. The first kappa shape index (κ1) is 16.4. The summed E-state index contributed by atoms with van der Waals surface area (Å²) in [6.45, 7) is 3.33. The van der Waals surface area contributed by atoms with Crippen molar-refractivity contribution in [2.75, 3.05) is 13.1 Å². The topological polar surface area (TPSA) is 78.1 Å². The highest BCUT2D eigenvalue weighted by Crippen LogP contribution is 2.53. The van der Waals surface area contributed by atoms with Gasteiger partial charge in [-0.15, -0.1) is 0 Å². The average Bonchev–Trinajstić information content (AvgIpc) is 3.20. The van der Waals surface area contributed by atoms with Gasteiger partial charge >= 0.3 is 0 Å². The number of piperidine rings is 1. The second-order valence-electron chi connectivity index (χ2n) is 7.27. The molecule has 2 N–H and O–H groups in total. The maximum Gasteiger partial charge on any atom is 0.268 e. The quantitative estimate of drug-likeness (QED) is 0.826. The number of likely N-dealkylation sites (tertiary alicyclic amines) is 1. The summed E-state index contributed by atoms with van der Waals surface area (Å²) in [5.41, 5.74) is 1.53. The van der Waals surface area contributed by atoms with Crippen LogP contribution in [0.2, 0.25) is 5.15 Å². The van der Waals surface area contributed by atoms with Gasteiger partial charge in [0, 0.05) is 24.7 Å². The number of hydrogen-bond acceptors (Lipinski definition) is 3. The molecule has 2 aromatic heterocycles. The van der Waals surface area contributed by atoms with Crippen molar-refractivity contribution >= 4 is 34.3 Å². The fourth-order valence-corrected chi connectivity index (χ4v) is 3.84. The molecule has 1 saturated heterocycles.